The molecule has 1 amide bonds. The molecule has 0 atom stereocenters. The molecule has 0 bridgehead atoms. The number of amides is 1. The summed E-state index contributed by atoms with van der Waals surface area (Å²) in [5.41, 5.74) is 0.614. The fraction of sp³-hybridized carbons (Fsp3) is 0.467. The summed E-state index contributed by atoms with van der Waals surface area (Å²) in [6.45, 7) is 1.57. The van der Waals surface area contributed by atoms with Gasteiger partial charge in [-0.25, -0.2) is 4.39 Å². The van der Waals surface area contributed by atoms with E-state index >= 15 is 0 Å². The molecule has 1 saturated carbocycles. The smallest absolute Gasteiger partial charge is 0.292 e. The second-order valence-electron chi connectivity index (χ2n) is 5.10. The number of benzene rings is 1. The Morgan fingerprint density at radius 3 is 2.53 bits per heavy atom. The lowest BCUT2D eigenvalue weighted by molar-refractivity contribution is -0.117. The van der Waals surface area contributed by atoms with E-state index in [2.05, 4.69) is 5.32 Å². The summed E-state index contributed by atoms with van der Waals surface area (Å²) in [4.78, 5) is 23.8. The van der Waals surface area contributed by atoms with E-state index in [-0.39, 0.29) is 17.4 Å². The first-order valence-corrected chi connectivity index (χ1v) is 6.69. The third-order valence-electron chi connectivity index (χ3n) is 3.57. The zero-order valence-electron chi connectivity index (χ0n) is 11.0. The van der Waals surface area contributed by atoms with E-state index in [4.69, 9.17) is 0 Å². The molecule has 0 spiro atoms. The summed E-state index contributed by atoms with van der Waals surface area (Å²) in [6.07, 6.45) is 5.24. The lowest BCUT2D eigenvalue weighted by Gasteiger charge is -2.22. The first-order valence-electron chi connectivity index (χ1n) is 6.69. The van der Waals surface area contributed by atoms with Gasteiger partial charge in [0.1, 0.15) is 5.82 Å². The maximum absolute atomic E-state index is 13.1. The predicted molar refractivity (Wildman–Crippen MR) is 70.5 cm³/mol. The summed E-state index contributed by atoms with van der Waals surface area (Å²) in [5, 5.41) is 2.77. The van der Waals surface area contributed by atoms with Crippen molar-refractivity contribution in [1.82, 2.24) is 5.32 Å². The second-order valence-corrected chi connectivity index (χ2v) is 5.10. The van der Waals surface area contributed by atoms with E-state index in [1.54, 1.807) is 6.92 Å². The number of carbonyl (C=O) groups is 2. The number of nitrogens with one attached hydrogen (secondary N) is 1. The van der Waals surface area contributed by atoms with Crippen LogP contribution in [0.4, 0.5) is 4.39 Å². The Bertz CT molecular complexity index is 493. The molecule has 0 heterocycles. The highest BCUT2D eigenvalue weighted by Crippen LogP contribution is 2.17. The van der Waals surface area contributed by atoms with E-state index in [9.17, 15) is 14.0 Å². The molecule has 0 aliphatic heterocycles. The van der Waals surface area contributed by atoms with Crippen LogP contribution in [0.2, 0.25) is 0 Å². The Kier molecular flexibility index (Phi) is 4.30. The van der Waals surface area contributed by atoms with Gasteiger partial charge in [0.2, 0.25) is 5.78 Å². The normalized spacial score (nSPS) is 16.1. The monoisotopic (exact) mass is 263 g/mol. The zero-order chi connectivity index (χ0) is 13.8. The van der Waals surface area contributed by atoms with Gasteiger partial charge in [-0.05, 0) is 43.5 Å². The molecule has 102 valence electrons. The molecule has 1 N–H and O–H groups in total. The molecule has 2 rings (SSSR count). The van der Waals surface area contributed by atoms with Gasteiger partial charge in [-0.15, -0.1) is 0 Å². The van der Waals surface area contributed by atoms with Gasteiger partial charge in [0.15, 0.2) is 0 Å². The minimum Gasteiger partial charge on any atom is -0.346 e. The number of hydrogen-bond donors (Lipinski definition) is 1. The molecule has 1 aromatic carbocycles. The highest BCUT2D eigenvalue weighted by Gasteiger charge is 2.21. The molecule has 1 aliphatic carbocycles. The maximum Gasteiger partial charge on any atom is 0.292 e. The Balaban J connectivity index is 2.01. The minimum absolute atomic E-state index is 0.103. The summed E-state index contributed by atoms with van der Waals surface area (Å²) in [5.74, 6) is -1.55. The van der Waals surface area contributed by atoms with Crippen LogP contribution in [-0.2, 0) is 4.79 Å². The molecular weight excluding hydrogens is 245 g/mol. The lowest BCUT2D eigenvalue weighted by atomic mass is 9.95. The third-order valence-corrected chi connectivity index (χ3v) is 3.57. The number of halogens is 1. The molecule has 1 fully saturated rings. The van der Waals surface area contributed by atoms with Crippen LogP contribution < -0.4 is 5.32 Å². The molecule has 0 unspecified atom stereocenters. The standard InChI is InChI=1S/C15H18FNO2/c1-10-9-11(7-8-13(10)16)14(18)15(19)17-12-5-3-2-4-6-12/h7-9,12H,2-6H2,1H3,(H,17,19). The summed E-state index contributed by atoms with van der Waals surface area (Å²) < 4.78 is 13.1. The third kappa shape index (κ3) is 3.40. The van der Waals surface area contributed by atoms with E-state index in [1.807, 2.05) is 0 Å². The van der Waals surface area contributed by atoms with E-state index in [1.165, 1.54) is 24.6 Å². The van der Waals surface area contributed by atoms with E-state index < -0.39 is 11.7 Å². The SMILES string of the molecule is Cc1cc(C(=O)C(=O)NC2CCCCC2)ccc1F. The van der Waals surface area contributed by atoms with E-state index in [0.717, 1.165) is 25.7 Å². The first kappa shape index (κ1) is 13.7. The Labute approximate surface area is 112 Å². The highest BCUT2D eigenvalue weighted by atomic mass is 19.1. The van der Waals surface area contributed by atoms with Crippen molar-refractivity contribution in [2.75, 3.05) is 0 Å². The first-order chi connectivity index (χ1) is 9.08. The van der Waals surface area contributed by atoms with Gasteiger partial charge in [0.25, 0.3) is 5.91 Å². The summed E-state index contributed by atoms with van der Waals surface area (Å²) in [7, 11) is 0. The van der Waals surface area contributed by atoms with Crippen LogP contribution in [0.1, 0.15) is 48.0 Å². The van der Waals surface area contributed by atoms with Crippen molar-refractivity contribution in [3.8, 4) is 0 Å². The van der Waals surface area contributed by atoms with Gasteiger partial charge in [0.05, 0.1) is 0 Å². The van der Waals surface area contributed by atoms with Crippen LogP contribution in [0.15, 0.2) is 18.2 Å². The second kappa shape index (κ2) is 5.95. The van der Waals surface area contributed by atoms with E-state index in [0.29, 0.717) is 5.56 Å². The molecule has 0 saturated heterocycles. The number of carbonyl (C=O) groups excluding carboxylic acids is 2. The van der Waals surface area contributed by atoms with Crippen LogP contribution in [0.3, 0.4) is 0 Å². The van der Waals surface area contributed by atoms with Crippen LogP contribution >= 0.6 is 0 Å². The van der Waals surface area contributed by atoms with Crippen molar-refractivity contribution in [2.24, 2.45) is 0 Å². The van der Waals surface area contributed by atoms with Gasteiger partial charge in [-0.3, -0.25) is 9.59 Å². The fourth-order valence-electron chi connectivity index (χ4n) is 2.41. The maximum atomic E-state index is 13.1. The van der Waals surface area contributed by atoms with Crippen LogP contribution in [0.25, 0.3) is 0 Å². The molecule has 1 aliphatic rings. The summed E-state index contributed by atoms with van der Waals surface area (Å²) >= 11 is 0. The number of hydrogen-bond acceptors (Lipinski definition) is 2. The predicted octanol–water partition coefficient (Wildman–Crippen LogP) is 2.77. The Hall–Kier alpha value is -1.71. The van der Waals surface area contributed by atoms with Crippen LogP contribution in [-0.4, -0.2) is 17.7 Å². The zero-order valence-corrected chi connectivity index (χ0v) is 11.0. The molecular formula is C15H18FNO2. The van der Waals surface area contributed by atoms with Crippen molar-refractivity contribution >= 4 is 11.7 Å². The quantitative estimate of drug-likeness (QED) is 0.673. The van der Waals surface area contributed by atoms with Crippen molar-refractivity contribution < 1.29 is 14.0 Å². The molecule has 1 aromatic rings. The van der Waals surface area contributed by atoms with Gasteiger partial charge in [-0.2, -0.15) is 0 Å². The van der Waals surface area contributed by atoms with Gasteiger partial charge in [0, 0.05) is 11.6 Å². The fourth-order valence-corrected chi connectivity index (χ4v) is 2.41. The Morgan fingerprint density at radius 2 is 1.89 bits per heavy atom. The lowest BCUT2D eigenvalue weighted by Crippen LogP contribution is -2.40. The van der Waals surface area contributed by atoms with Crippen molar-refractivity contribution in [2.45, 2.75) is 45.1 Å². The molecule has 3 nitrogen and oxygen atoms in total. The molecule has 19 heavy (non-hydrogen) atoms. The van der Waals surface area contributed by atoms with Gasteiger partial charge < -0.3 is 5.32 Å². The molecule has 0 radical (unpaired) electrons. The number of ketones is 1. The van der Waals surface area contributed by atoms with Crippen LogP contribution in [0.5, 0.6) is 0 Å². The minimum atomic E-state index is -0.589. The molecule has 4 heteroatoms. The largest absolute Gasteiger partial charge is 0.346 e. The highest BCUT2D eigenvalue weighted by molar-refractivity contribution is 6.42. The average Bonchev–Trinajstić information content (AvgIpc) is 2.42. The number of aryl methyl sites for hydroxylation is 1. The molecule has 0 aromatic heterocycles. The van der Waals surface area contributed by atoms with Gasteiger partial charge >= 0.3 is 0 Å². The van der Waals surface area contributed by atoms with Gasteiger partial charge in [-0.1, -0.05) is 19.3 Å². The number of Topliss-reactive ketones (excluding diaryl/α,β-unsaturated/α-hetero) is 1. The van der Waals surface area contributed by atoms with Crippen molar-refractivity contribution in [3.63, 3.8) is 0 Å². The van der Waals surface area contributed by atoms with Crippen LogP contribution in [0, 0.1) is 12.7 Å². The summed E-state index contributed by atoms with van der Waals surface area (Å²) in [6, 6.07) is 4.09. The Morgan fingerprint density at radius 1 is 1.21 bits per heavy atom. The topological polar surface area (TPSA) is 46.2 Å². The average molecular weight is 263 g/mol. The number of rotatable bonds is 3. The van der Waals surface area contributed by atoms with Crippen molar-refractivity contribution in [3.05, 3.63) is 35.1 Å². The van der Waals surface area contributed by atoms with Crippen molar-refractivity contribution in [1.29, 1.82) is 0 Å².